The Bertz CT molecular complexity index is 392. The molecule has 0 aliphatic carbocycles. The number of esters is 1. The van der Waals surface area contributed by atoms with Gasteiger partial charge in [-0.1, -0.05) is 25.1 Å². The molecule has 100 valence electrons. The summed E-state index contributed by atoms with van der Waals surface area (Å²) >= 11 is 1.31. The van der Waals surface area contributed by atoms with Crippen LogP contribution in [-0.2, 0) is 9.53 Å². The fourth-order valence-corrected chi connectivity index (χ4v) is 2.59. The molecule has 6 heteroatoms. The van der Waals surface area contributed by atoms with Crippen LogP contribution in [-0.4, -0.2) is 27.8 Å². The first kappa shape index (κ1) is 14.8. The van der Waals surface area contributed by atoms with Gasteiger partial charge in [0.25, 0.3) is 0 Å². The zero-order chi connectivity index (χ0) is 13.5. The molecule has 0 spiro atoms. The van der Waals surface area contributed by atoms with Gasteiger partial charge in [0.05, 0.1) is 6.61 Å². The van der Waals surface area contributed by atoms with Crippen molar-refractivity contribution in [3.05, 3.63) is 11.8 Å². The number of ether oxygens (including phenoxy) is 1. The van der Waals surface area contributed by atoms with Crippen molar-refractivity contribution in [1.82, 2.24) is 9.97 Å². The van der Waals surface area contributed by atoms with Crippen LogP contribution >= 0.6 is 11.8 Å². The van der Waals surface area contributed by atoms with Crippen molar-refractivity contribution in [2.75, 3.05) is 12.3 Å². The molecule has 0 radical (unpaired) electrons. The standard InChI is InChI=1S/C12H19N3O2S/c1-4-6-9(11(16)17-5-2)18-12-14-8(3)7-10(13)15-12/h7,9H,4-6H2,1-3H3,(H2,13,14,15). The van der Waals surface area contributed by atoms with Crippen molar-refractivity contribution in [3.63, 3.8) is 0 Å². The van der Waals surface area contributed by atoms with Gasteiger partial charge in [-0.3, -0.25) is 4.79 Å². The van der Waals surface area contributed by atoms with Crippen LogP contribution in [0.3, 0.4) is 0 Å². The van der Waals surface area contributed by atoms with Crippen LogP contribution in [0.25, 0.3) is 0 Å². The summed E-state index contributed by atoms with van der Waals surface area (Å²) in [6.07, 6.45) is 1.64. The van der Waals surface area contributed by atoms with Crippen LogP contribution in [0.15, 0.2) is 11.2 Å². The van der Waals surface area contributed by atoms with Crippen molar-refractivity contribution >= 4 is 23.5 Å². The number of hydrogen-bond acceptors (Lipinski definition) is 6. The maximum Gasteiger partial charge on any atom is 0.319 e. The van der Waals surface area contributed by atoms with Crippen molar-refractivity contribution in [2.24, 2.45) is 0 Å². The van der Waals surface area contributed by atoms with E-state index in [4.69, 9.17) is 10.5 Å². The van der Waals surface area contributed by atoms with Gasteiger partial charge in [0.1, 0.15) is 11.1 Å². The second-order valence-electron chi connectivity index (χ2n) is 3.86. The van der Waals surface area contributed by atoms with Crippen molar-refractivity contribution in [1.29, 1.82) is 0 Å². The molecular weight excluding hydrogens is 250 g/mol. The van der Waals surface area contributed by atoms with E-state index >= 15 is 0 Å². The van der Waals surface area contributed by atoms with Crippen LogP contribution < -0.4 is 5.73 Å². The third-order valence-corrected chi connectivity index (χ3v) is 3.31. The van der Waals surface area contributed by atoms with E-state index in [0.717, 1.165) is 18.5 Å². The third kappa shape index (κ3) is 4.52. The number of nitrogen functional groups attached to an aromatic ring is 1. The lowest BCUT2D eigenvalue weighted by atomic mass is 10.2. The molecule has 5 nitrogen and oxygen atoms in total. The molecule has 1 heterocycles. The minimum Gasteiger partial charge on any atom is -0.465 e. The molecule has 1 aromatic heterocycles. The number of anilines is 1. The third-order valence-electron chi connectivity index (χ3n) is 2.20. The van der Waals surface area contributed by atoms with E-state index in [9.17, 15) is 4.79 Å². The number of rotatable bonds is 6. The Morgan fingerprint density at radius 2 is 2.22 bits per heavy atom. The Balaban J connectivity index is 2.78. The monoisotopic (exact) mass is 269 g/mol. The van der Waals surface area contributed by atoms with E-state index in [2.05, 4.69) is 9.97 Å². The fraction of sp³-hybridized carbons (Fsp3) is 0.583. The molecule has 0 saturated heterocycles. The molecule has 2 N–H and O–H groups in total. The summed E-state index contributed by atoms with van der Waals surface area (Å²) < 4.78 is 5.04. The fourth-order valence-electron chi connectivity index (χ4n) is 1.47. The van der Waals surface area contributed by atoms with Crippen LogP contribution in [0.1, 0.15) is 32.4 Å². The minimum atomic E-state index is -0.267. The highest BCUT2D eigenvalue weighted by atomic mass is 32.2. The van der Waals surface area contributed by atoms with Crippen LogP contribution in [0.4, 0.5) is 5.82 Å². The highest BCUT2D eigenvalue weighted by Crippen LogP contribution is 2.25. The number of aryl methyl sites for hydroxylation is 1. The summed E-state index contributed by atoms with van der Waals surface area (Å²) in [6.45, 7) is 6.06. The second-order valence-corrected chi connectivity index (χ2v) is 5.03. The summed E-state index contributed by atoms with van der Waals surface area (Å²) in [5.74, 6) is 0.206. The summed E-state index contributed by atoms with van der Waals surface area (Å²) in [4.78, 5) is 20.2. The first-order valence-electron chi connectivity index (χ1n) is 6.01. The highest BCUT2D eigenvalue weighted by Gasteiger charge is 2.21. The number of nitrogens with zero attached hydrogens (tertiary/aromatic N) is 2. The topological polar surface area (TPSA) is 78.1 Å². The number of aromatic nitrogens is 2. The van der Waals surface area contributed by atoms with E-state index in [0.29, 0.717) is 17.6 Å². The van der Waals surface area contributed by atoms with E-state index in [1.54, 1.807) is 13.0 Å². The zero-order valence-electron chi connectivity index (χ0n) is 11.0. The quantitative estimate of drug-likeness (QED) is 0.484. The number of hydrogen-bond donors (Lipinski definition) is 1. The lowest BCUT2D eigenvalue weighted by Gasteiger charge is -2.13. The number of thioether (sulfide) groups is 1. The Morgan fingerprint density at radius 1 is 1.50 bits per heavy atom. The van der Waals surface area contributed by atoms with E-state index in [-0.39, 0.29) is 11.2 Å². The molecule has 0 aliphatic heterocycles. The molecule has 1 aromatic rings. The summed E-state index contributed by atoms with van der Waals surface area (Å²) in [5, 5.41) is 0.259. The lowest BCUT2D eigenvalue weighted by Crippen LogP contribution is -2.20. The van der Waals surface area contributed by atoms with Crippen molar-refractivity contribution in [3.8, 4) is 0 Å². The Labute approximate surface area is 112 Å². The van der Waals surface area contributed by atoms with Gasteiger partial charge in [-0.05, 0) is 20.3 Å². The van der Waals surface area contributed by atoms with E-state index in [1.165, 1.54) is 11.8 Å². The maximum atomic E-state index is 11.8. The van der Waals surface area contributed by atoms with E-state index in [1.807, 2.05) is 13.8 Å². The molecule has 0 amide bonds. The van der Waals surface area contributed by atoms with Crippen LogP contribution in [0.2, 0.25) is 0 Å². The van der Waals surface area contributed by atoms with Crippen molar-refractivity contribution < 1.29 is 9.53 Å². The van der Waals surface area contributed by atoms with Gasteiger partial charge in [-0.2, -0.15) is 0 Å². The lowest BCUT2D eigenvalue weighted by molar-refractivity contribution is -0.142. The SMILES string of the molecule is CCCC(Sc1nc(C)cc(N)n1)C(=O)OCC. The molecular formula is C12H19N3O2S. The molecule has 1 rings (SSSR count). The minimum absolute atomic E-state index is 0.215. The van der Waals surface area contributed by atoms with Gasteiger partial charge in [0.2, 0.25) is 0 Å². The first-order chi connectivity index (χ1) is 8.56. The zero-order valence-corrected chi connectivity index (χ0v) is 11.8. The molecule has 0 bridgehead atoms. The van der Waals surface area contributed by atoms with Crippen LogP contribution in [0.5, 0.6) is 0 Å². The highest BCUT2D eigenvalue weighted by molar-refractivity contribution is 8.00. The number of carbonyl (C=O) groups excluding carboxylic acids is 1. The largest absolute Gasteiger partial charge is 0.465 e. The molecule has 0 saturated carbocycles. The Hall–Kier alpha value is -1.30. The normalized spacial score (nSPS) is 12.2. The Morgan fingerprint density at radius 3 is 2.78 bits per heavy atom. The number of nitrogens with two attached hydrogens (primary N) is 1. The smallest absolute Gasteiger partial charge is 0.319 e. The predicted octanol–water partition coefficient (Wildman–Crippen LogP) is 2.19. The van der Waals surface area contributed by atoms with Gasteiger partial charge in [-0.15, -0.1) is 0 Å². The molecule has 18 heavy (non-hydrogen) atoms. The van der Waals surface area contributed by atoms with Crippen molar-refractivity contribution in [2.45, 2.75) is 44.0 Å². The second kappa shape index (κ2) is 7.20. The van der Waals surface area contributed by atoms with E-state index < -0.39 is 0 Å². The molecule has 0 aromatic carbocycles. The summed E-state index contributed by atoms with van der Waals surface area (Å²) in [6, 6.07) is 1.70. The molecule has 0 aliphatic rings. The van der Waals surface area contributed by atoms with Gasteiger partial charge >= 0.3 is 5.97 Å². The first-order valence-corrected chi connectivity index (χ1v) is 6.89. The molecule has 1 atom stereocenters. The Kier molecular flexibility index (Phi) is 5.91. The average molecular weight is 269 g/mol. The maximum absolute atomic E-state index is 11.8. The molecule has 0 fully saturated rings. The average Bonchev–Trinajstić information content (AvgIpc) is 2.27. The predicted molar refractivity (Wildman–Crippen MR) is 72.4 cm³/mol. The molecule has 1 unspecified atom stereocenters. The van der Waals surface area contributed by atoms with Gasteiger partial charge < -0.3 is 10.5 Å². The van der Waals surface area contributed by atoms with Gasteiger partial charge in [0, 0.05) is 11.8 Å². The number of carbonyl (C=O) groups is 1. The summed E-state index contributed by atoms with van der Waals surface area (Å²) in [5.41, 5.74) is 6.46. The van der Waals surface area contributed by atoms with Gasteiger partial charge in [-0.25, -0.2) is 9.97 Å². The summed E-state index contributed by atoms with van der Waals surface area (Å²) in [7, 11) is 0. The van der Waals surface area contributed by atoms with Crippen LogP contribution in [0, 0.1) is 6.92 Å². The van der Waals surface area contributed by atoms with Gasteiger partial charge in [0.15, 0.2) is 5.16 Å².